The van der Waals surface area contributed by atoms with E-state index in [4.69, 9.17) is 27.9 Å². The molecule has 5 heteroatoms. The summed E-state index contributed by atoms with van der Waals surface area (Å²) < 4.78 is 6.41. The Kier molecular flexibility index (Phi) is 6.97. The molecule has 0 amide bonds. The van der Waals surface area contributed by atoms with Gasteiger partial charge in [-0.2, -0.15) is 0 Å². The maximum absolute atomic E-state index is 5.75. The van der Waals surface area contributed by atoms with E-state index in [1.807, 2.05) is 18.2 Å². The first kappa shape index (κ1) is 14.8. The molecule has 0 bridgehead atoms. The predicted octanol–water partition coefficient (Wildman–Crippen LogP) is 4.26. The second-order valence-corrected chi connectivity index (χ2v) is 4.95. The molecule has 0 fully saturated rings. The topological polar surface area (TPSA) is 21.3 Å². The van der Waals surface area contributed by atoms with Crippen LogP contribution in [0.15, 0.2) is 33.2 Å². The van der Waals surface area contributed by atoms with Crippen molar-refractivity contribution in [3.8, 4) is 5.75 Å². The minimum Gasteiger partial charge on any atom is -0.487 e. The lowest BCUT2D eigenvalue weighted by Gasteiger charge is -2.09. The molecule has 0 aliphatic rings. The Morgan fingerprint density at radius 2 is 2.29 bits per heavy atom. The van der Waals surface area contributed by atoms with Gasteiger partial charge in [-0.05, 0) is 40.2 Å². The van der Waals surface area contributed by atoms with Crippen LogP contribution in [0.4, 0.5) is 0 Å². The van der Waals surface area contributed by atoms with Crippen LogP contribution < -0.4 is 10.1 Å². The highest BCUT2D eigenvalue weighted by atomic mass is 79.9. The molecule has 1 aromatic carbocycles. The third kappa shape index (κ3) is 5.30. The third-order valence-corrected chi connectivity index (χ3v) is 3.27. The molecule has 0 spiro atoms. The number of hydrogen-bond donors (Lipinski definition) is 1. The molecule has 0 atom stereocenters. The van der Waals surface area contributed by atoms with Crippen molar-refractivity contribution < 1.29 is 4.74 Å². The lowest BCUT2D eigenvalue weighted by atomic mass is 10.2. The normalized spacial score (nSPS) is 11.6. The summed E-state index contributed by atoms with van der Waals surface area (Å²) >= 11 is 14.7. The summed E-state index contributed by atoms with van der Waals surface area (Å²) in [6.45, 7) is 4.15. The molecule has 0 saturated carbocycles. The molecule has 0 saturated heterocycles. The van der Waals surface area contributed by atoms with Gasteiger partial charge in [-0.15, -0.1) is 0 Å². The van der Waals surface area contributed by atoms with Crippen LogP contribution in [-0.2, 0) is 6.54 Å². The van der Waals surface area contributed by atoms with Crippen molar-refractivity contribution in [3.63, 3.8) is 0 Å². The van der Waals surface area contributed by atoms with E-state index in [2.05, 4.69) is 28.2 Å². The molecule has 0 aromatic heterocycles. The van der Waals surface area contributed by atoms with E-state index in [-0.39, 0.29) is 6.61 Å². The van der Waals surface area contributed by atoms with Crippen LogP contribution in [0.1, 0.15) is 12.5 Å². The molecule has 17 heavy (non-hydrogen) atoms. The van der Waals surface area contributed by atoms with Gasteiger partial charge in [-0.3, -0.25) is 0 Å². The van der Waals surface area contributed by atoms with Crippen molar-refractivity contribution in [1.29, 1.82) is 0 Å². The minimum atomic E-state index is 0.274. The zero-order valence-corrected chi connectivity index (χ0v) is 12.6. The number of benzene rings is 1. The summed E-state index contributed by atoms with van der Waals surface area (Å²) in [6.07, 6.45) is 0. The SMILES string of the molecule is CCNCc1ccc(OCC(Cl)=CCl)c(Br)c1. The van der Waals surface area contributed by atoms with Gasteiger partial charge in [0.25, 0.3) is 0 Å². The van der Waals surface area contributed by atoms with Crippen LogP contribution in [-0.4, -0.2) is 13.2 Å². The van der Waals surface area contributed by atoms with E-state index in [1.54, 1.807) is 0 Å². The molecule has 1 aromatic rings. The lowest BCUT2D eigenvalue weighted by Crippen LogP contribution is -2.11. The maximum Gasteiger partial charge on any atom is 0.134 e. The summed E-state index contributed by atoms with van der Waals surface area (Å²) in [7, 11) is 0. The van der Waals surface area contributed by atoms with Crippen molar-refractivity contribution >= 4 is 39.1 Å². The monoisotopic (exact) mass is 337 g/mol. The lowest BCUT2D eigenvalue weighted by molar-refractivity contribution is 0.357. The first-order chi connectivity index (χ1) is 8.17. The van der Waals surface area contributed by atoms with Gasteiger partial charge in [0.2, 0.25) is 0 Å². The first-order valence-corrected chi connectivity index (χ1v) is 6.84. The largest absolute Gasteiger partial charge is 0.487 e. The summed E-state index contributed by atoms with van der Waals surface area (Å²) in [5, 5.41) is 3.73. The minimum absolute atomic E-state index is 0.274. The molecule has 0 radical (unpaired) electrons. The average molecular weight is 339 g/mol. The van der Waals surface area contributed by atoms with E-state index in [0.29, 0.717) is 5.03 Å². The van der Waals surface area contributed by atoms with E-state index < -0.39 is 0 Å². The molecule has 1 rings (SSSR count). The second-order valence-electron chi connectivity index (χ2n) is 3.39. The van der Waals surface area contributed by atoms with Crippen LogP contribution >= 0.6 is 39.1 Å². The number of halogens is 3. The summed E-state index contributed by atoms with van der Waals surface area (Å²) in [5.41, 5.74) is 2.50. The molecular weight excluding hydrogens is 325 g/mol. The van der Waals surface area contributed by atoms with Crippen LogP contribution in [0, 0.1) is 0 Å². The van der Waals surface area contributed by atoms with Gasteiger partial charge in [0.1, 0.15) is 12.4 Å². The standard InChI is InChI=1S/C12H14BrCl2NO/c1-2-16-7-9-3-4-12(11(13)5-9)17-8-10(15)6-14/h3-6,16H,2,7-8H2,1H3. The Bertz CT molecular complexity index is 396. The molecule has 1 N–H and O–H groups in total. The molecule has 0 unspecified atom stereocenters. The highest BCUT2D eigenvalue weighted by Crippen LogP contribution is 2.26. The fourth-order valence-electron chi connectivity index (χ4n) is 1.22. The van der Waals surface area contributed by atoms with Gasteiger partial charge in [-0.1, -0.05) is 36.2 Å². The molecule has 0 aliphatic carbocycles. The van der Waals surface area contributed by atoms with Crippen molar-refractivity contribution in [2.24, 2.45) is 0 Å². The Labute approximate surface area is 120 Å². The Morgan fingerprint density at radius 3 is 2.88 bits per heavy atom. The first-order valence-electron chi connectivity index (χ1n) is 5.24. The Hall–Kier alpha value is -0.220. The highest BCUT2D eigenvalue weighted by molar-refractivity contribution is 9.10. The van der Waals surface area contributed by atoms with Crippen molar-refractivity contribution in [2.75, 3.05) is 13.2 Å². The van der Waals surface area contributed by atoms with E-state index >= 15 is 0 Å². The Balaban J connectivity index is 2.62. The summed E-state index contributed by atoms with van der Waals surface area (Å²) in [4.78, 5) is 0. The fourth-order valence-corrected chi connectivity index (χ4v) is 1.88. The molecule has 0 aliphatic heterocycles. The van der Waals surface area contributed by atoms with Gasteiger partial charge in [-0.25, -0.2) is 0 Å². The highest BCUT2D eigenvalue weighted by Gasteiger charge is 2.03. The van der Waals surface area contributed by atoms with Crippen LogP contribution in [0.2, 0.25) is 0 Å². The van der Waals surface area contributed by atoms with Gasteiger partial charge in [0, 0.05) is 12.1 Å². The summed E-state index contributed by atoms with van der Waals surface area (Å²) in [5.74, 6) is 0.752. The zero-order chi connectivity index (χ0) is 12.7. The fraction of sp³-hybridized carbons (Fsp3) is 0.333. The van der Waals surface area contributed by atoms with Gasteiger partial charge >= 0.3 is 0 Å². The third-order valence-electron chi connectivity index (χ3n) is 2.06. The summed E-state index contributed by atoms with van der Waals surface area (Å²) in [6, 6.07) is 5.95. The van der Waals surface area contributed by atoms with Gasteiger partial charge < -0.3 is 10.1 Å². The van der Waals surface area contributed by atoms with E-state index in [0.717, 1.165) is 23.3 Å². The smallest absolute Gasteiger partial charge is 0.134 e. The predicted molar refractivity (Wildman–Crippen MR) is 76.8 cm³/mol. The molecular formula is C12H14BrCl2NO. The second kappa shape index (κ2) is 7.98. The quantitative estimate of drug-likeness (QED) is 0.836. The Morgan fingerprint density at radius 1 is 1.53 bits per heavy atom. The van der Waals surface area contributed by atoms with E-state index in [9.17, 15) is 0 Å². The van der Waals surface area contributed by atoms with Crippen LogP contribution in [0.3, 0.4) is 0 Å². The number of ether oxygens (including phenoxy) is 1. The number of rotatable bonds is 6. The van der Waals surface area contributed by atoms with Crippen molar-refractivity contribution in [1.82, 2.24) is 5.32 Å². The zero-order valence-electron chi connectivity index (χ0n) is 9.47. The van der Waals surface area contributed by atoms with Gasteiger partial charge in [0.15, 0.2) is 0 Å². The van der Waals surface area contributed by atoms with E-state index in [1.165, 1.54) is 11.1 Å². The average Bonchev–Trinajstić information content (AvgIpc) is 2.34. The number of hydrogen-bond acceptors (Lipinski definition) is 2. The van der Waals surface area contributed by atoms with Gasteiger partial charge in [0.05, 0.1) is 9.51 Å². The molecule has 94 valence electrons. The molecule has 2 nitrogen and oxygen atoms in total. The van der Waals surface area contributed by atoms with Crippen molar-refractivity contribution in [2.45, 2.75) is 13.5 Å². The maximum atomic E-state index is 5.75. The van der Waals surface area contributed by atoms with Crippen LogP contribution in [0.5, 0.6) is 5.75 Å². The number of nitrogens with one attached hydrogen (secondary N) is 1. The van der Waals surface area contributed by atoms with Crippen LogP contribution in [0.25, 0.3) is 0 Å². The van der Waals surface area contributed by atoms with Crippen molar-refractivity contribution in [3.05, 3.63) is 38.8 Å². The molecule has 0 heterocycles.